The van der Waals surface area contributed by atoms with Gasteiger partial charge in [0.25, 0.3) is 0 Å². The molecular weight excluding hydrogens is 156 g/mol. The Morgan fingerprint density at radius 2 is 2.00 bits per heavy atom. The fraction of sp³-hybridized carbons (Fsp3) is 0.692. The first-order valence-electron chi connectivity index (χ1n) is 5.35. The predicted octanol–water partition coefficient (Wildman–Crippen LogP) is 4.19. The van der Waals surface area contributed by atoms with Crippen LogP contribution in [0.25, 0.3) is 0 Å². The Morgan fingerprint density at radius 1 is 1.38 bits per heavy atom. The van der Waals surface area contributed by atoms with Crippen LogP contribution in [0.4, 0.5) is 0 Å². The van der Waals surface area contributed by atoms with Gasteiger partial charge in [0.15, 0.2) is 0 Å². The van der Waals surface area contributed by atoms with Crippen LogP contribution in [0.2, 0.25) is 0 Å². The van der Waals surface area contributed by atoms with E-state index in [9.17, 15) is 0 Å². The minimum atomic E-state index is 0.331. The Morgan fingerprint density at radius 3 is 2.46 bits per heavy atom. The maximum Gasteiger partial charge on any atom is 0.00138 e. The zero-order valence-corrected chi connectivity index (χ0v) is 9.59. The van der Waals surface area contributed by atoms with Crippen molar-refractivity contribution in [1.82, 2.24) is 0 Å². The van der Waals surface area contributed by atoms with Gasteiger partial charge in [-0.05, 0) is 11.3 Å². The SMILES string of the molecule is CCC(C)C1C=CC=C1C(C)(C)C. The molecule has 0 aromatic rings. The first-order valence-corrected chi connectivity index (χ1v) is 5.35. The molecule has 0 N–H and O–H groups in total. The van der Waals surface area contributed by atoms with E-state index in [1.807, 2.05) is 0 Å². The van der Waals surface area contributed by atoms with E-state index in [2.05, 4.69) is 52.8 Å². The highest BCUT2D eigenvalue weighted by atomic mass is 14.3. The Hall–Kier alpha value is -0.520. The summed E-state index contributed by atoms with van der Waals surface area (Å²) < 4.78 is 0. The van der Waals surface area contributed by atoms with Crippen LogP contribution in [0, 0.1) is 17.3 Å². The zero-order valence-electron chi connectivity index (χ0n) is 9.59. The standard InChI is InChI=1S/C13H22/c1-6-10(2)11-8-7-9-12(11)13(3,4)5/h7-11H,6H2,1-5H3. The van der Waals surface area contributed by atoms with Crippen LogP contribution in [0.3, 0.4) is 0 Å². The van der Waals surface area contributed by atoms with Gasteiger partial charge in [0.2, 0.25) is 0 Å². The summed E-state index contributed by atoms with van der Waals surface area (Å²) in [6, 6.07) is 0. The molecule has 0 fully saturated rings. The number of allylic oxidation sites excluding steroid dienone is 4. The van der Waals surface area contributed by atoms with E-state index in [-0.39, 0.29) is 0 Å². The van der Waals surface area contributed by atoms with Gasteiger partial charge in [0, 0.05) is 5.92 Å². The molecule has 0 spiro atoms. The predicted molar refractivity (Wildman–Crippen MR) is 59.6 cm³/mol. The largest absolute Gasteiger partial charge is 0.0770 e. The summed E-state index contributed by atoms with van der Waals surface area (Å²) in [6.07, 6.45) is 8.14. The minimum absolute atomic E-state index is 0.331. The van der Waals surface area contributed by atoms with Crippen LogP contribution in [0.1, 0.15) is 41.0 Å². The molecule has 0 aromatic carbocycles. The fourth-order valence-electron chi connectivity index (χ4n) is 1.99. The summed E-state index contributed by atoms with van der Waals surface area (Å²) in [5.41, 5.74) is 1.93. The molecule has 0 saturated heterocycles. The first-order chi connectivity index (χ1) is 5.96. The molecular formula is C13H22. The Labute approximate surface area is 82.7 Å². The maximum absolute atomic E-state index is 2.36. The lowest BCUT2D eigenvalue weighted by atomic mass is 9.75. The monoisotopic (exact) mass is 178 g/mol. The minimum Gasteiger partial charge on any atom is -0.0770 e. The lowest BCUT2D eigenvalue weighted by molar-refractivity contribution is 0.381. The molecule has 0 aromatic heterocycles. The van der Waals surface area contributed by atoms with Crippen LogP contribution in [0.15, 0.2) is 23.8 Å². The highest BCUT2D eigenvalue weighted by Gasteiger charge is 2.28. The highest BCUT2D eigenvalue weighted by molar-refractivity contribution is 5.31. The van der Waals surface area contributed by atoms with Crippen LogP contribution in [-0.4, -0.2) is 0 Å². The Balaban J connectivity index is 2.79. The van der Waals surface area contributed by atoms with Gasteiger partial charge >= 0.3 is 0 Å². The average Bonchev–Trinajstić information content (AvgIpc) is 2.49. The third-order valence-corrected chi connectivity index (χ3v) is 3.08. The molecule has 13 heavy (non-hydrogen) atoms. The number of hydrogen-bond donors (Lipinski definition) is 0. The lowest BCUT2D eigenvalue weighted by Gasteiger charge is -2.29. The second-order valence-corrected chi connectivity index (χ2v) is 5.17. The molecule has 0 heterocycles. The van der Waals surface area contributed by atoms with Crippen molar-refractivity contribution < 1.29 is 0 Å². The molecule has 0 amide bonds. The van der Waals surface area contributed by atoms with E-state index in [0.717, 1.165) is 5.92 Å². The van der Waals surface area contributed by atoms with Gasteiger partial charge in [-0.2, -0.15) is 0 Å². The van der Waals surface area contributed by atoms with Gasteiger partial charge in [-0.15, -0.1) is 0 Å². The molecule has 0 saturated carbocycles. The van der Waals surface area contributed by atoms with Crippen molar-refractivity contribution >= 4 is 0 Å². The van der Waals surface area contributed by atoms with Crippen molar-refractivity contribution in [3.05, 3.63) is 23.8 Å². The topological polar surface area (TPSA) is 0 Å². The first kappa shape index (κ1) is 10.6. The summed E-state index contributed by atoms with van der Waals surface area (Å²) in [6.45, 7) is 11.5. The fourth-order valence-corrected chi connectivity index (χ4v) is 1.99. The van der Waals surface area contributed by atoms with Crippen LogP contribution in [0.5, 0.6) is 0 Å². The molecule has 2 unspecified atom stereocenters. The summed E-state index contributed by atoms with van der Waals surface area (Å²) in [7, 11) is 0. The van der Waals surface area contributed by atoms with Gasteiger partial charge in [0.1, 0.15) is 0 Å². The number of hydrogen-bond acceptors (Lipinski definition) is 0. The van der Waals surface area contributed by atoms with Gasteiger partial charge < -0.3 is 0 Å². The van der Waals surface area contributed by atoms with Crippen molar-refractivity contribution in [3.8, 4) is 0 Å². The molecule has 1 aliphatic rings. The van der Waals surface area contributed by atoms with E-state index >= 15 is 0 Å². The Kier molecular flexibility index (Phi) is 3.00. The van der Waals surface area contributed by atoms with Crippen molar-refractivity contribution in [2.24, 2.45) is 17.3 Å². The van der Waals surface area contributed by atoms with Crippen LogP contribution in [-0.2, 0) is 0 Å². The second kappa shape index (κ2) is 3.69. The van der Waals surface area contributed by atoms with Gasteiger partial charge in [-0.25, -0.2) is 0 Å². The third kappa shape index (κ3) is 2.24. The molecule has 0 radical (unpaired) electrons. The average molecular weight is 178 g/mol. The maximum atomic E-state index is 2.36. The summed E-state index contributed by atoms with van der Waals surface area (Å²) in [4.78, 5) is 0. The van der Waals surface area contributed by atoms with Crippen molar-refractivity contribution in [1.29, 1.82) is 0 Å². The van der Waals surface area contributed by atoms with E-state index in [1.54, 1.807) is 5.57 Å². The van der Waals surface area contributed by atoms with E-state index in [1.165, 1.54) is 6.42 Å². The van der Waals surface area contributed by atoms with Gasteiger partial charge in [-0.1, -0.05) is 64.8 Å². The molecule has 74 valence electrons. The highest BCUT2D eigenvalue weighted by Crippen LogP contribution is 2.39. The smallest absolute Gasteiger partial charge is 0.00138 e. The molecule has 1 aliphatic carbocycles. The third-order valence-electron chi connectivity index (χ3n) is 3.08. The Bertz CT molecular complexity index is 225. The normalized spacial score (nSPS) is 24.7. The van der Waals surface area contributed by atoms with Crippen molar-refractivity contribution in [3.63, 3.8) is 0 Å². The molecule has 1 rings (SSSR count). The van der Waals surface area contributed by atoms with Gasteiger partial charge in [-0.3, -0.25) is 0 Å². The molecule has 0 nitrogen and oxygen atoms in total. The van der Waals surface area contributed by atoms with E-state index < -0.39 is 0 Å². The summed E-state index contributed by atoms with van der Waals surface area (Å²) >= 11 is 0. The van der Waals surface area contributed by atoms with Crippen LogP contribution < -0.4 is 0 Å². The molecule has 2 atom stereocenters. The van der Waals surface area contributed by atoms with E-state index in [4.69, 9.17) is 0 Å². The van der Waals surface area contributed by atoms with Crippen molar-refractivity contribution in [2.75, 3.05) is 0 Å². The quantitative estimate of drug-likeness (QED) is 0.594. The molecule has 0 aliphatic heterocycles. The lowest BCUT2D eigenvalue weighted by Crippen LogP contribution is -2.19. The number of rotatable bonds is 2. The summed E-state index contributed by atoms with van der Waals surface area (Å²) in [5.74, 6) is 1.47. The zero-order chi connectivity index (χ0) is 10.1. The van der Waals surface area contributed by atoms with E-state index in [0.29, 0.717) is 11.3 Å². The second-order valence-electron chi connectivity index (χ2n) is 5.17. The van der Waals surface area contributed by atoms with Crippen LogP contribution >= 0.6 is 0 Å². The molecule has 0 heteroatoms. The van der Waals surface area contributed by atoms with Crippen molar-refractivity contribution in [2.45, 2.75) is 41.0 Å². The molecule has 0 bridgehead atoms. The van der Waals surface area contributed by atoms with Gasteiger partial charge in [0.05, 0.1) is 0 Å². The summed E-state index contributed by atoms with van der Waals surface area (Å²) in [5, 5.41) is 0.